The van der Waals surface area contributed by atoms with E-state index in [0.717, 1.165) is 54.7 Å². The molecule has 1 aliphatic heterocycles. The predicted molar refractivity (Wildman–Crippen MR) is 95.7 cm³/mol. The highest BCUT2D eigenvalue weighted by atomic mass is 15.1. The third-order valence-electron chi connectivity index (χ3n) is 4.65. The fourth-order valence-corrected chi connectivity index (χ4v) is 3.42. The maximum Gasteiger partial charge on any atom is 0.156 e. The molecule has 0 spiro atoms. The van der Waals surface area contributed by atoms with Crippen LogP contribution >= 0.6 is 0 Å². The molecule has 0 amide bonds. The van der Waals surface area contributed by atoms with Crippen molar-refractivity contribution in [2.24, 2.45) is 5.92 Å². The molecule has 25 heavy (non-hydrogen) atoms. The molecule has 0 saturated carbocycles. The first kappa shape index (κ1) is 15.9. The van der Waals surface area contributed by atoms with Gasteiger partial charge in [0.1, 0.15) is 12.0 Å². The van der Waals surface area contributed by atoms with Gasteiger partial charge in [0, 0.05) is 36.9 Å². The maximum atomic E-state index is 4.46. The minimum atomic E-state index is 0.629. The number of nitrogens with one attached hydrogen (secondary N) is 1. The van der Waals surface area contributed by atoms with Gasteiger partial charge in [-0.1, -0.05) is 6.07 Å². The summed E-state index contributed by atoms with van der Waals surface area (Å²) in [6.45, 7) is 5.14. The van der Waals surface area contributed by atoms with Crippen LogP contribution in [0.5, 0.6) is 0 Å². The number of nitrogens with zero attached hydrogens (tertiary/aromatic N) is 5. The third-order valence-corrected chi connectivity index (χ3v) is 4.65. The van der Waals surface area contributed by atoms with Gasteiger partial charge in [0.2, 0.25) is 0 Å². The summed E-state index contributed by atoms with van der Waals surface area (Å²) in [5, 5.41) is 0. The highest BCUT2D eigenvalue weighted by Gasteiger charge is 2.23. The zero-order chi connectivity index (χ0) is 17.1. The average Bonchev–Trinajstić information content (AvgIpc) is 3.25. The number of H-pyrrole nitrogens is 1. The van der Waals surface area contributed by atoms with E-state index >= 15 is 0 Å². The molecule has 1 aliphatic rings. The van der Waals surface area contributed by atoms with E-state index < -0.39 is 0 Å². The Labute approximate surface area is 147 Å². The normalized spacial score (nSPS) is 17.9. The van der Waals surface area contributed by atoms with Crippen molar-refractivity contribution in [1.82, 2.24) is 29.8 Å². The number of aromatic nitrogens is 5. The van der Waals surface area contributed by atoms with Crippen LogP contribution in [0.3, 0.4) is 0 Å². The second kappa shape index (κ2) is 7.11. The van der Waals surface area contributed by atoms with Gasteiger partial charge in [0.15, 0.2) is 5.82 Å². The molecule has 4 rings (SSSR count). The fraction of sp³-hybridized carbons (Fsp3) is 0.368. The second-order valence-electron chi connectivity index (χ2n) is 6.72. The fourth-order valence-electron chi connectivity index (χ4n) is 3.42. The lowest BCUT2D eigenvalue weighted by atomic mass is 10.0. The van der Waals surface area contributed by atoms with Crippen LogP contribution in [0.1, 0.15) is 23.5 Å². The summed E-state index contributed by atoms with van der Waals surface area (Å²) in [6.07, 6.45) is 7.51. The molecule has 6 nitrogen and oxygen atoms in total. The number of imidazole rings is 1. The number of aromatic amines is 1. The summed E-state index contributed by atoms with van der Waals surface area (Å²) in [5.41, 5.74) is 4.13. The summed E-state index contributed by atoms with van der Waals surface area (Å²) >= 11 is 0. The van der Waals surface area contributed by atoms with E-state index in [1.807, 2.05) is 25.4 Å². The molecule has 0 unspecified atom stereocenters. The quantitative estimate of drug-likeness (QED) is 0.777. The zero-order valence-corrected chi connectivity index (χ0v) is 14.4. The van der Waals surface area contributed by atoms with E-state index in [2.05, 4.69) is 48.0 Å². The largest absolute Gasteiger partial charge is 0.341 e. The first-order valence-electron chi connectivity index (χ1n) is 8.71. The van der Waals surface area contributed by atoms with Crippen LogP contribution in [0, 0.1) is 12.8 Å². The van der Waals surface area contributed by atoms with Gasteiger partial charge < -0.3 is 4.98 Å². The number of rotatable bonds is 5. The molecule has 0 aliphatic carbocycles. The van der Waals surface area contributed by atoms with Crippen LogP contribution in [0.4, 0.5) is 0 Å². The van der Waals surface area contributed by atoms with Gasteiger partial charge in [-0.3, -0.25) is 9.88 Å². The van der Waals surface area contributed by atoms with Crippen LogP contribution < -0.4 is 0 Å². The Morgan fingerprint density at radius 3 is 2.92 bits per heavy atom. The SMILES string of the molecule is Cc1cnc(-c2cc(C[C@H]3CCN(Cc4ccccn4)C3)ncn2)[nH]1. The van der Waals surface area contributed by atoms with Gasteiger partial charge in [0.25, 0.3) is 0 Å². The molecule has 4 heterocycles. The van der Waals surface area contributed by atoms with Crippen molar-refractivity contribution in [1.29, 1.82) is 0 Å². The van der Waals surface area contributed by atoms with Crippen LogP contribution in [0.15, 0.2) is 43.0 Å². The Kier molecular flexibility index (Phi) is 4.52. The molecule has 6 heteroatoms. The summed E-state index contributed by atoms with van der Waals surface area (Å²) in [7, 11) is 0. The van der Waals surface area contributed by atoms with Gasteiger partial charge in [0.05, 0.1) is 5.69 Å². The third kappa shape index (κ3) is 3.91. The number of hydrogen-bond donors (Lipinski definition) is 1. The summed E-state index contributed by atoms with van der Waals surface area (Å²) in [5.74, 6) is 1.44. The lowest BCUT2D eigenvalue weighted by molar-refractivity contribution is 0.312. The monoisotopic (exact) mass is 334 g/mol. The van der Waals surface area contributed by atoms with Gasteiger partial charge in [-0.15, -0.1) is 0 Å². The van der Waals surface area contributed by atoms with Crippen molar-refractivity contribution in [2.45, 2.75) is 26.3 Å². The highest BCUT2D eigenvalue weighted by Crippen LogP contribution is 2.22. The molecular weight excluding hydrogens is 312 g/mol. The van der Waals surface area contributed by atoms with E-state index in [0.29, 0.717) is 5.92 Å². The van der Waals surface area contributed by atoms with Crippen molar-refractivity contribution < 1.29 is 0 Å². The summed E-state index contributed by atoms with van der Waals surface area (Å²) < 4.78 is 0. The zero-order valence-electron chi connectivity index (χ0n) is 14.4. The molecule has 0 radical (unpaired) electrons. The van der Waals surface area contributed by atoms with Crippen molar-refractivity contribution >= 4 is 0 Å². The Hall–Kier alpha value is -2.60. The number of aryl methyl sites for hydroxylation is 1. The Morgan fingerprint density at radius 2 is 2.12 bits per heavy atom. The molecule has 128 valence electrons. The molecule has 1 fully saturated rings. The molecule has 0 bridgehead atoms. The summed E-state index contributed by atoms with van der Waals surface area (Å²) in [6, 6.07) is 8.16. The highest BCUT2D eigenvalue weighted by molar-refractivity contribution is 5.49. The molecule has 1 N–H and O–H groups in total. The van der Waals surface area contributed by atoms with E-state index in [9.17, 15) is 0 Å². The smallest absolute Gasteiger partial charge is 0.156 e. The molecular formula is C19H22N6. The van der Waals surface area contributed by atoms with E-state index in [-0.39, 0.29) is 0 Å². The van der Waals surface area contributed by atoms with Crippen LogP contribution in [-0.2, 0) is 13.0 Å². The summed E-state index contributed by atoms with van der Waals surface area (Å²) in [4.78, 5) is 23.3. The molecule has 3 aromatic rings. The first-order chi connectivity index (χ1) is 12.3. The number of pyridine rings is 1. The van der Waals surface area contributed by atoms with E-state index in [1.54, 1.807) is 6.33 Å². The van der Waals surface area contributed by atoms with E-state index in [4.69, 9.17) is 0 Å². The maximum absolute atomic E-state index is 4.46. The molecule has 1 saturated heterocycles. The van der Waals surface area contributed by atoms with Crippen molar-refractivity contribution in [2.75, 3.05) is 13.1 Å². The number of hydrogen-bond acceptors (Lipinski definition) is 5. The van der Waals surface area contributed by atoms with E-state index in [1.165, 1.54) is 6.42 Å². The molecule has 0 aromatic carbocycles. The first-order valence-corrected chi connectivity index (χ1v) is 8.71. The second-order valence-corrected chi connectivity index (χ2v) is 6.72. The van der Waals surface area contributed by atoms with Gasteiger partial charge in [-0.2, -0.15) is 0 Å². The lowest BCUT2D eigenvalue weighted by Crippen LogP contribution is -2.21. The molecule has 3 aromatic heterocycles. The van der Waals surface area contributed by atoms with Crippen LogP contribution in [0.2, 0.25) is 0 Å². The van der Waals surface area contributed by atoms with Gasteiger partial charge in [-0.05, 0) is 50.4 Å². The van der Waals surface area contributed by atoms with Crippen molar-refractivity contribution in [3.05, 3.63) is 60.1 Å². The molecule has 1 atom stereocenters. The number of likely N-dealkylation sites (tertiary alicyclic amines) is 1. The van der Waals surface area contributed by atoms with Crippen LogP contribution in [-0.4, -0.2) is 42.9 Å². The Bertz CT molecular complexity index is 829. The lowest BCUT2D eigenvalue weighted by Gasteiger charge is -2.15. The van der Waals surface area contributed by atoms with Crippen molar-refractivity contribution in [3.63, 3.8) is 0 Å². The minimum absolute atomic E-state index is 0.629. The topological polar surface area (TPSA) is 70.6 Å². The van der Waals surface area contributed by atoms with Crippen molar-refractivity contribution in [3.8, 4) is 11.5 Å². The standard InChI is InChI=1S/C19H22N6/c1-14-10-21-19(24-14)18-9-17(22-13-23-18)8-15-5-7-25(11-15)12-16-4-2-3-6-20-16/h2-4,6,9-10,13,15H,5,7-8,11-12H2,1H3,(H,21,24)/t15-/m1/s1. The minimum Gasteiger partial charge on any atom is -0.341 e. The average molecular weight is 334 g/mol. The van der Waals surface area contributed by atoms with Gasteiger partial charge >= 0.3 is 0 Å². The van der Waals surface area contributed by atoms with Gasteiger partial charge in [-0.25, -0.2) is 15.0 Å². The Balaban J connectivity index is 1.38. The van der Waals surface area contributed by atoms with Crippen LogP contribution in [0.25, 0.3) is 11.5 Å². The predicted octanol–water partition coefficient (Wildman–Crippen LogP) is 2.63. The Morgan fingerprint density at radius 1 is 1.16 bits per heavy atom.